The number of benzene rings is 1. The van der Waals surface area contributed by atoms with E-state index in [0.717, 1.165) is 10.9 Å². The SMILES string of the molecule is COC(=O)COc1cc2oc(=O)cc(C)c2cc1Cl. The van der Waals surface area contributed by atoms with Gasteiger partial charge in [-0.05, 0) is 18.6 Å². The fourth-order valence-electron chi connectivity index (χ4n) is 1.63. The molecule has 0 unspecified atom stereocenters. The second-order valence-electron chi connectivity index (χ2n) is 3.89. The number of ether oxygens (including phenoxy) is 2. The van der Waals surface area contributed by atoms with E-state index >= 15 is 0 Å². The van der Waals surface area contributed by atoms with Gasteiger partial charge in [-0.1, -0.05) is 11.6 Å². The minimum Gasteiger partial charge on any atom is -0.480 e. The number of hydrogen-bond acceptors (Lipinski definition) is 5. The molecule has 0 spiro atoms. The third kappa shape index (κ3) is 2.88. The van der Waals surface area contributed by atoms with E-state index in [1.807, 2.05) is 0 Å². The molecule has 19 heavy (non-hydrogen) atoms. The van der Waals surface area contributed by atoms with Crippen LogP contribution in [0.15, 0.2) is 27.4 Å². The molecule has 0 N–H and O–H groups in total. The van der Waals surface area contributed by atoms with Gasteiger partial charge in [0.2, 0.25) is 0 Å². The summed E-state index contributed by atoms with van der Waals surface area (Å²) in [4.78, 5) is 22.3. The summed E-state index contributed by atoms with van der Waals surface area (Å²) in [5, 5.41) is 1.04. The van der Waals surface area contributed by atoms with E-state index in [1.54, 1.807) is 13.0 Å². The van der Waals surface area contributed by atoms with Gasteiger partial charge in [-0.2, -0.15) is 0 Å². The second-order valence-corrected chi connectivity index (χ2v) is 4.30. The summed E-state index contributed by atoms with van der Waals surface area (Å²) in [6.07, 6.45) is 0. The Morgan fingerprint density at radius 2 is 2.11 bits per heavy atom. The topological polar surface area (TPSA) is 65.7 Å². The second kappa shape index (κ2) is 5.32. The summed E-state index contributed by atoms with van der Waals surface area (Å²) in [7, 11) is 1.26. The van der Waals surface area contributed by atoms with Gasteiger partial charge in [-0.25, -0.2) is 9.59 Å². The first-order valence-corrected chi connectivity index (χ1v) is 5.82. The fourth-order valence-corrected chi connectivity index (χ4v) is 1.84. The smallest absolute Gasteiger partial charge is 0.343 e. The quantitative estimate of drug-likeness (QED) is 0.638. The number of fused-ring (bicyclic) bond motifs is 1. The molecule has 0 aliphatic carbocycles. The van der Waals surface area contributed by atoms with E-state index in [0.29, 0.717) is 10.6 Å². The van der Waals surface area contributed by atoms with Crippen LogP contribution in [0.2, 0.25) is 5.02 Å². The number of esters is 1. The molecule has 0 saturated carbocycles. The van der Waals surface area contributed by atoms with E-state index < -0.39 is 11.6 Å². The highest BCUT2D eigenvalue weighted by atomic mass is 35.5. The molecule has 0 radical (unpaired) electrons. The molecule has 0 amide bonds. The average molecular weight is 283 g/mol. The Morgan fingerprint density at radius 1 is 1.37 bits per heavy atom. The molecule has 0 atom stereocenters. The van der Waals surface area contributed by atoms with E-state index in [1.165, 1.54) is 19.2 Å². The lowest BCUT2D eigenvalue weighted by Gasteiger charge is -2.08. The van der Waals surface area contributed by atoms with Crippen molar-refractivity contribution >= 4 is 28.5 Å². The Bertz CT molecular complexity index is 689. The van der Waals surface area contributed by atoms with Crippen LogP contribution < -0.4 is 10.4 Å². The van der Waals surface area contributed by atoms with Crippen LogP contribution in [-0.4, -0.2) is 19.7 Å². The zero-order chi connectivity index (χ0) is 14.0. The predicted molar refractivity (Wildman–Crippen MR) is 69.7 cm³/mol. The van der Waals surface area contributed by atoms with Gasteiger partial charge in [-0.3, -0.25) is 0 Å². The molecule has 2 rings (SSSR count). The highest BCUT2D eigenvalue weighted by Crippen LogP contribution is 2.30. The number of carbonyl (C=O) groups is 1. The maximum absolute atomic E-state index is 11.3. The summed E-state index contributed by atoms with van der Waals surface area (Å²) in [6.45, 7) is 1.52. The molecule has 100 valence electrons. The lowest BCUT2D eigenvalue weighted by molar-refractivity contribution is -0.142. The molecule has 1 heterocycles. The zero-order valence-corrected chi connectivity index (χ0v) is 11.1. The molecule has 0 fully saturated rings. The number of hydrogen-bond donors (Lipinski definition) is 0. The van der Waals surface area contributed by atoms with Gasteiger partial charge in [0, 0.05) is 17.5 Å². The summed E-state index contributed by atoms with van der Waals surface area (Å²) in [5.74, 6) is -0.268. The number of rotatable bonds is 3. The largest absolute Gasteiger partial charge is 0.480 e. The van der Waals surface area contributed by atoms with Crippen molar-refractivity contribution < 1.29 is 18.7 Å². The molecule has 0 aliphatic rings. The van der Waals surface area contributed by atoms with Crippen LogP contribution in [-0.2, 0) is 9.53 Å². The molecular weight excluding hydrogens is 272 g/mol. The van der Waals surface area contributed by atoms with Crippen LogP contribution in [0.5, 0.6) is 5.75 Å². The van der Waals surface area contributed by atoms with Crippen LogP contribution in [0.25, 0.3) is 11.0 Å². The number of carbonyl (C=O) groups excluding carboxylic acids is 1. The molecule has 2 aromatic rings. The van der Waals surface area contributed by atoms with Crippen LogP contribution in [0.3, 0.4) is 0 Å². The van der Waals surface area contributed by atoms with Gasteiger partial charge >= 0.3 is 11.6 Å². The average Bonchev–Trinajstić information content (AvgIpc) is 2.37. The minimum atomic E-state index is -0.526. The first-order valence-electron chi connectivity index (χ1n) is 5.45. The summed E-state index contributed by atoms with van der Waals surface area (Å²) in [5.41, 5.74) is 0.660. The van der Waals surface area contributed by atoms with Crippen molar-refractivity contribution in [3.05, 3.63) is 39.2 Å². The summed E-state index contributed by atoms with van der Waals surface area (Å²) < 4.78 is 14.7. The van der Waals surface area contributed by atoms with Crippen LogP contribution in [0.4, 0.5) is 0 Å². The van der Waals surface area contributed by atoms with Gasteiger partial charge in [0.15, 0.2) is 6.61 Å². The maximum atomic E-state index is 11.3. The molecular formula is C13H11ClO5. The predicted octanol–water partition coefficient (Wildman–Crippen LogP) is 2.31. The van der Waals surface area contributed by atoms with Crippen molar-refractivity contribution in [3.8, 4) is 5.75 Å². The molecule has 0 saturated heterocycles. The van der Waals surface area contributed by atoms with Gasteiger partial charge in [-0.15, -0.1) is 0 Å². The highest BCUT2D eigenvalue weighted by molar-refractivity contribution is 6.32. The molecule has 6 heteroatoms. The fraction of sp³-hybridized carbons (Fsp3) is 0.231. The van der Waals surface area contributed by atoms with Gasteiger partial charge in [0.25, 0.3) is 0 Å². The Kier molecular flexibility index (Phi) is 3.76. The number of aryl methyl sites for hydroxylation is 1. The zero-order valence-electron chi connectivity index (χ0n) is 10.4. The van der Waals surface area contributed by atoms with Gasteiger partial charge in [0.05, 0.1) is 12.1 Å². The minimum absolute atomic E-state index is 0.258. The van der Waals surface area contributed by atoms with Crippen molar-refractivity contribution in [2.45, 2.75) is 6.92 Å². The van der Waals surface area contributed by atoms with E-state index in [4.69, 9.17) is 20.8 Å². The lowest BCUT2D eigenvalue weighted by atomic mass is 10.1. The third-order valence-corrected chi connectivity index (χ3v) is 2.87. The maximum Gasteiger partial charge on any atom is 0.343 e. The van der Waals surface area contributed by atoms with Crippen molar-refractivity contribution in [1.82, 2.24) is 0 Å². The summed E-state index contributed by atoms with van der Waals surface area (Å²) >= 11 is 6.04. The van der Waals surface area contributed by atoms with Crippen molar-refractivity contribution in [1.29, 1.82) is 0 Å². The third-order valence-electron chi connectivity index (χ3n) is 2.58. The standard InChI is InChI=1S/C13H11ClO5/c1-7-3-12(15)19-10-5-11(9(14)4-8(7)10)18-6-13(16)17-2/h3-5H,6H2,1-2H3. The normalized spacial score (nSPS) is 10.5. The monoisotopic (exact) mass is 282 g/mol. The van der Waals surface area contributed by atoms with Crippen molar-refractivity contribution in [3.63, 3.8) is 0 Å². The van der Waals surface area contributed by atoms with E-state index in [9.17, 15) is 9.59 Å². The number of methoxy groups -OCH3 is 1. The van der Waals surface area contributed by atoms with Crippen molar-refractivity contribution in [2.75, 3.05) is 13.7 Å². The van der Waals surface area contributed by atoms with Gasteiger partial charge in [0.1, 0.15) is 11.3 Å². The highest BCUT2D eigenvalue weighted by Gasteiger charge is 2.10. The van der Waals surface area contributed by atoms with Crippen LogP contribution in [0, 0.1) is 6.92 Å². The lowest BCUT2D eigenvalue weighted by Crippen LogP contribution is -2.12. The first kappa shape index (κ1) is 13.4. The van der Waals surface area contributed by atoms with Crippen molar-refractivity contribution in [2.24, 2.45) is 0 Å². The molecule has 1 aromatic heterocycles. The van der Waals surface area contributed by atoms with Crippen LogP contribution in [0.1, 0.15) is 5.56 Å². The molecule has 0 aliphatic heterocycles. The summed E-state index contributed by atoms with van der Waals surface area (Å²) in [6, 6.07) is 4.49. The Morgan fingerprint density at radius 3 is 2.79 bits per heavy atom. The van der Waals surface area contributed by atoms with E-state index in [-0.39, 0.29) is 12.4 Å². The Balaban J connectivity index is 2.43. The Labute approximate surface area is 113 Å². The Hall–Kier alpha value is -2.01. The number of halogens is 1. The van der Waals surface area contributed by atoms with Crippen LogP contribution >= 0.6 is 11.6 Å². The molecule has 0 bridgehead atoms. The van der Waals surface area contributed by atoms with Gasteiger partial charge < -0.3 is 13.9 Å². The molecule has 1 aromatic carbocycles. The first-order chi connectivity index (χ1) is 9.01. The van der Waals surface area contributed by atoms with E-state index in [2.05, 4.69) is 4.74 Å². The molecule has 5 nitrogen and oxygen atoms in total.